The van der Waals surface area contributed by atoms with Crippen LogP contribution >= 0.6 is 0 Å². The van der Waals surface area contributed by atoms with Crippen LogP contribution in [-0.4, -0.2) is 74.0 Å². The molecule has 4 saturated heterocycles. The van der Waals surface area contributed by atoms with Crippen LogP contribution in [-0.2, 0) is 22.3 Å². The Morgan fingerprint density at radius 3 is 1.53 bits per heavy atom. The summed E-state index contributed by atoms with van der Waals surface area (Å²) in [6.07, 6.45) is 2.46. The van der Waals surface area contributed by atoms with Gasteiger partial charge in [0.2, 0.25) is 0 Å². The topological polar surface area (TPSA) is 31.4 Å². The monoisotopic (exact) mass is 482 g/mol. The zero-order chi connectivity index (χ0) is 23.9. The van der Waals surface area contributed by atoms with Gasteiger partial charge in [0, 0.05) is 23.5 Å². The van der Waals surface area contributed by atoms with E-state index in [0.29, 0.717) is 12.1 Å². The van der Waals surface area contributed by atoms with Crippen LogP contribution in [0.15, 0.2) is 84.9 Å². The Labute approximate surface area is 213 Å². The van der Waals surface area contributed by atoms with E-state index in [4.69, 9.17) is 9.47 Å². The van der Waals surface area contributed by atoms with Crippen molar-refractivity contribution in [3.8, 4) is 0 Å². The predicted octanol–water partition coefficient (Wildman–Crippen LogP) is 3.78. The molecule has 0 aliphatic carbocycles. The van der Waals surface area contributed by atoms with E-state index in [9.17, 15) is 0 Å². The molecular weight excluding hydrogens is 448 g/mol. The van der Waals surface area contributed by atoms with Crippen LogP contribution in [0, 0.1) is 0 Å². The fraction of sp³-hybridized carbons (Fsp3) is 0.400. The Morgan fingerprint density at radius 2 is 1.06 bits per heavy atom. The smallest absolute Gasteiger partial charge is 0.130 e. The summed E-state index contributed by atoms with van der Waals surface area (Å²) in [4.78, 5) is 10.0. The van der Waals surface area contributed by atoms with Gasteiger partial charge in [-0.1, -0.05) is 66.7 Å². The Morgan fingerprint density at radius 1 is 0.583 bits per heavy atom. The normalized spacial score (nSPS) is 28.1. The third-order valence-electron chi connectivity index (χ3n) is 8.25. The average Bonchev–Trinajstić information content (AvgIpc) is 3.69. The van der Waals surface area contributed by atoms with Crippen LogP contribution in [0.3, 0.4) is 0 Å². The van der Waals surface area contributed by atoms with Crippen LogP contribution < -0.4 is 9.80 Å². The molecule has 4 aliphatic rings. The fourth-order valence-electron chi connectivity index (χ4n) is 6.30. The highest BCUT2D eigenvalue weighted by Gasteiger charge is 2.43. The van der Waals surface area contributed by atoms with Gasteiger partial charge < -0.3 is 19.3 Å². The number of anilines is 2. The zero-order valence-electron chi connectivity index (χ0n) is 20.7. The second-order valence-electron chi connectivity index (χ2n) is 10.5. The summed E-state index contributed by atoms with van der Waals surface area (Å²) in [6.45, 7) is 5.33. The third kappa shape index (κ3) is 4.28. The van der Waals surface area contributed by atoms with Crippen molar-refractivity contribution >= 4 is 11.4 Å². The number of hydrogen-bond donors (Lipinski definition) is 0. The Bertz CT molecular complexity index is 1090. The molecule has 3 aromatic rings. The van der Waals surface area contributed by atoms with Gasteiger partial charge in [-0.3, -0.25) is 9.80 Å². The molecule has 3 aromatic carbocycles. The maximum absolute atomic E-state index is 6.21. The molecule has 36 heavy (non-hydrogen) atoms. The van der Waals surface area contributed by atoms with Crippen molar-refractivity contribution in [2.45, 2.75) is 37.4 Å². The van der Waals surface area contributed by atoms with E-state index in [1.165, 1.54) is 22.5 Å². The van der Waals surface area contributed by atoms with Crippen molar-refractivity contribution in [1.29, 1.82) is 0 Å². The Kier molecular flexibility index (Phi) is 5.90. The van der Waals surface area contributed by atoms with E-state index in [1.807, 2.05) is 0 Å². The minimum absolute atomic E-state index is 0.187. The number of nitrogens with zero attached hydrogens (tertiary/aromatic N) is 4. The molecule has 0 spiro atoms. The van der Waals surface area contributed by atoms with Gasteiger partial charge in [0.1, 0.15) is 12.5 Å². The molecule has 4 aliphatic heterocycles. The van der Waals surface area contributed by atoms with Gasteiger partial charge in [-0.05, 0) is 42.2 Å². The molecular formula is C30H34N4O2. The van der Waals surface area contributed by atoms with Crippen LogP contribution in [0.5, 0.6) is 0 Å². The van der Waals surface area contributed by atoms with Crippen LogP contribution in [0.25, 0.3) is 0 Å². The highest BCUT2D eigenvalue weighted by Crippen LogP contribution is 2.34. The van der Waals surface area contributed by atoms with E-state index in [2.05, 4.69) is 105 Å². The van der Waals surface area contributed by atoms with Gasteiger partial charge in [-0.15, -0.1) is 0 Å². The lowest BCUT2D eigenvalue weighted by Gasteiger charge is -2.26. The highest BCUT2D eigenvalue weighted by molar-refractivity contribution is 5.60. The Hall–Kier alpha value is -2.90. The molecule has 0 bridgehead atoms. The first kappa shape index (κ1) is 22.3. The molecule has 4 heterocycles. The number of rotatable bonds is 6. The van der Waals surface area contributed by atoms with E-state index in [-0.39, 0.29) is 12.5 Å². The standard InChI is InChI=1S/C30H34N4O2/c1-3-8-23(9-4-1)14-27-19-35-29-17-31(21-33(27)29)25-12-7-13-26(16-25)32-18-30-34(22-32)28(20-36-30)15-24-10-5-2-6-11-24/h1-13,16,27-30H,14-15,17-22H2/t27-,28-,29?,30?/m0/s1. The summed E-state index contributed by atoms with van der Waals surface area (Å²) >= 11 is 0. The molecule has 0 N–H and O–H groups in total. The van der Waals surface area contributed by atoms with E-state index >= 15 is 0 Å². The molecule has 6 heteroatoms. The molecule has 4 atom stereocenters. The summed E-state index contributed by atoms with van der Waals surface area (Å²) in [5.74, 6) is 0. The highest BCUT2D eigenvalue weighted by atomic mass is 16.5. The van der Waals surface area contributed by atoms with Crippen molar-refractivity contribution in [1.82, 2.24) is 9.80 Å². The van der Waals surface area contributed by atoms with Gasteiger partial charge >= 0.3 is 0 Å². The summed E-state index contributed by atoms with van der Waals surface area (Å²) in [7, 11) is 0. The molecule has 2 unspecified atom stereocenters. The second kappa shape index (κ2) is 9.52. The fourth-order valence-corrected chi connectivity index (χ4v) is 6.30. The number of fused-ring (bicyclic) bond motifs is 2. The van der Waals surface area contributed by atoms with Gasteiger partial charge in [0.25, 0.3) is 0 Å². The summed E-state index contributed by atoms with van der Waals surface area (Å²) in [5, 5.41) is 0. The minimum Gasteiger partial charge on any atom is -0.360 e. The first-order valence-corrected chi connectivity index (χ1v) is 13.2. The van der Waals surface area contributed by atoms with Crippen molar-refractivity contribution in [3.05, 3.63) is 96.1 Å². The van der Waals surface area contributed by atoms with Gasteiger partial charge in [0.15, 0.2) is 0 Å². The molecule has 0 aromatic heterocycles. The molecule has 186 valence electrons. The summed E-state index contributed by atoms with van der Waals surface area (Å²) in [6, 6.07) is 31.5. The van der Waals surface area contributed by atoms with Crippen LogP contribution in [0.2, 0.25) is 0 Å². The summed E-state index contributed by atoms with van der Waals surface area (Å²) in [5.41, 5.74) is 5.32. The molecule has 7 rings (SSSR count). The second-order valence-corrected chi connectivity index (χ2v) is 10.5. The maximum Gasteiger partial charge on any atom is 0.130 e. The Balaban J connectivity index is 1.01. The van der Waals surface area contributed by atoms with E-state index in [1.54, 1.807) is 0 Å². The molecule has 0 radical (unpaired) electrons. The summed E-state index contributed by atoms with van der Waals surface area (Å²) < 4.78 is 12.4. The van der Waals surface area contributed by atoms with Crippen LogP contribution in [0.4, 0.5) is 11.4 Å². The van der Waals surface area contributed by atoms with Crippen molar-refractivity contribution in [2.24, 2.45) is 0 Å². The largest absolute Gasteiger partial charge is 0.360 e. The lowest BCUT2D eigenvalue weighted by Crippen LogP contribution is -2.36. The molecule has 6 nitrogen and oxygen atoms in total. The first-order chi connectivity index (χ1) is 17.8. The number of hydrogen-bond acceptors (Lipinski definition) is 6. The third-order valence-corrected chi connectivity index (χ3v) is 8.25. The van der Waals surface area contributed by atoms with Crippen LogP contribution in [0.1, 0.15) is 11.1 Å². The van der Waals surface area contributed by atoms with Crippen molar-refractivity contribution in [3.63, 3.8) is 0 Å². The quantitative estimate of drug-likeness (QED) is 0.532. The molecule has 0 saturated carbocycles. The number of benzene rings is 3. The van der Waals surface area contributed by atoms with Gasteiger partial charge in [-0.25, -0.2) is 0 Å². The van der Waals surface area contributed by atoms with E-state index < -0.39 is 0 Å². The lowest BCUT2D eigenvalue weighted by atomic mass is 10.1. The molecule has 0 amide bonds. The van der Waals surface area contributed by atoms with E-state index in [0.717, 1.165) is 52.5 Å². The first-order valence-electron chi connectivity index (χ1n) is 13.2. The predicted molar refractivity (Wildman–Crippen MR) is 142 cm³/mol. The van der Waals surface area contributed by atoms with Gasteiger partial charge in [-0.2, -0.15) is 0 Å². The SMILES string of the molecule is c1ccc(C[C@H]2COC3CN(c4cccc(N5CC6OC[C@H](Cc7ccccc7)N6C5)c4)CN32)cc1. The lowest BCUT2D eigenvalue weighted by molar-refractivity contribution is 0.0687. The minimum atomic E-state index is 0.187. The number of ether oxygens (including phenoxy) is 2. The maximum atomic E-state index is 6.21. The zero-order valence-corrected chi connectivity index (χ0v) is 20.7. The van der Waals surface area contributed by atoms with Gasteiger partial charge in [0.05, 0.1) is 39.6 Å². The molecule has 4 fully saturated rings. The van der Waals surface area contributed by atoms with Crippen molar-refractivity contribution < 1.29 is 9.47 Å². The average molecular weight is 483 g/mol. The van der Waals surface area contributed by atoms with Crippen molar-refractivity contribution in [2.75, 3.05) is 49.4 Å².